The summed E-state index contributed by atoms with van der Waals surface area (Å²) in [5.74, 6) is 2.23. The van der Waals surface area contributed by atoms with Gasteiger partial charge < -0.3 is 9.88 Å². The maximum absolute atomic E-state index is 13.6. The summed E-state index contributed by atoms with van der Waals surface area (Å²) >= 11 is 6.47. The van der Waals surface area contributed by atoms with E-state index in [0.29, 0.717) is 28.7 Å². The fraction of sp³-hybridized carbons (Fsp3) is 0.375. The maximum Gasteiger partial charge on any atom is 0.227 e. The Balaban J connectivity index is 1.25. The Morgan fingerprint density at radius 2 is 1.86 bits per heavy atom. The molecule has 1 amide bonds. The minimum Gasteiger partial charge on any atom is -0.347 e. The van der Waals surface area contributed by atoms with Crippen molar-refractivity contribution < 1.29 is 4.79 Å². The van der Waals surface area contributed by atoms with Gasteiger partial charge in [-0.25, -0.2) is 0 Å². The normalized spacial score (nSPS) is 23.8. The number of benzene rings is 2. The van der Waals surface area contributed by atoms with Gasteiger partial charge in [0.1, 0.15) is 0 Å². The molecular formula is C32H34ClN3O. The molecule has 5 heteroatoms. The second-order valence-corrected chi connectivity index (χ2v) is 11.6. The molecule has 190 valence electrons. The number of rotatable bonds is 4. The molecule has 0 aliphatic heterocycles. The zero-order valence-corrected chi connectivity index (χ0v) is 22.5. The summed E-state index contributed by atoms with van der Waals surface area (Å²) in [7, 11) is 2.21. The van der Waals surface area contributed by atoms with Crippen molar-refractivity contribution in [2.24, 2.45) is 36.6 Å². The van der Waals surface area contributed by atoms with E-state index in [9.17, 15) is 4.79 Å². The summed E-state index contributed by atoms with van der Waals surface area (Å²) in [5, 5.41) is 5.24. The predicted octanol–water partition coefficient (Wildman–Crippen LogP) is 7.55. The molecule has 0 saturated heterocycles. The van der Waals surface area contributed by atoms with Crippen LogP contribution in [0, 0.1) is 29.6 Å². The standard InChI is InChI=1S/C32H34ClN3O/c1-19-11-13-22(25-18-31-26(17-24(19)25)23-8-4-5-10-30(23)36(31)3)20(2)32(37)35-21-12-14-28(33)27(16-21)29-9-6-7-15-34-29/h4-10,12,14-16,19-20,22,24-25H,11,13,17-18H2,1-3H3,(H,35,37)/t19-,20-,22+,24+,25-/m1/s1. The van der Waals surface area contributed by atoms with Gasteiger partial charge in [-0.05, 0) is 84.9 Å². The van der Waals surface area contributed by atoms with Gasteiger partial charge in [0.05, 0.1) is 10.7 Å². The fourth-order valence-electron chi connectivity index (χ4n) is 7.14. The Kier molecular flexibility index (Phi) is 6.32. The molecule has 2 aliphatic rings. The largest absolute Gasteiger partial charge is 0.347 e. The summed E-state index contributed by atoms with van der Waals surface area (Å²) in [6.07, 6.45) is 6.23. The summed E-state index contributed by atoms with van der Waals surface area (Å²) in [6.45, 7) is 4.54. The van der Waals surface area contributed by atoms with Crippen molar-refractivity contribution in [1.29, 1.82) is 0 Å². The van der Waals surface area contributed by atoms with Gasteiger partial charge in [0, 0.05) is 47.0 Å². The average Bonchev–Trinajstić information content (AvgIpc) is 3.20. The number of fused-ring (bicyclic) bond motifs is 4. The number of carbonyl (C=O) groups excluding carboxylic acids is 1. The van der Waals surface area contributed by atoms with E-state index in [1.165, 1.54) is 28.6 Å². The Labute approximate surface area is 224 Å². The van der Waals surface area contributed by atoms with Crippen molar-refractivity contribution >= 4 is 34.1 Å². The third-order valence-electron chi connectivity index (χ3n) is 9.23. The molecule has 1 saturated carbocycles. The maximum atomic E-state index is 13.6. The molecule has 1 fully saturated rings. The Morgan fingerprint density at radius 3 is 2.68 bits per heavy atom. The highest BCUT2D eigenvalue weighted by molar-refractivity contribution is 6.33. The van der Waals surface area contributed by atoms with Crippen LogP contribution in [-0.4, -0.2) is 15.5 Å². The van der Waals surface area contributed by atoms with Crippen LogP contribution in [0.4, 0.5) is 5.69 Å². The Morgan fingerprint density at radius 1 is 1.05 bits per heavy atom. The molecule has 1 N–H and O–H groups in total. The van der Waals surface area contributed by atoms with Crippen LogP contribution in [0.3, 0.4) is 0 Å². The van der Waals surface area contributed by atoms with Gasteiger partial charge in [0.2, 0.25) is 5.91 Å². The Bertz CT molecular complexity index is 1460. The van der Waals surface area contributed by atoms with Crippen molar-refractivity contribution in [3.8, 4) is 11.3 Å². The number of pyridine rings is 1. The van der Waals surface area contributed by atoms with Gasteiger partial charge in [0.25, 0.3) is 0 Å². The number of aromatic nitrogens is 2. The molecule has 6 rings (SSSR count). The number of carbonyl (C=O) groups is 1. The van der Waals surface area contributed by atoms with E-state index in [-0.39, 0.29) is 11.8 Å². The highest BCUT2D eigenvalue weighted by Gasteiger charge is 2.45. The number of hydrogen-bond donors (Lipinski definition) is 1. The lowest BCUT2D eigenvalue weighted by atomic mass is 9.58. The molecule has 2 heterocycles. The summed E-state index contributed by atoms with van der Waals surface area (Å²) in [5.41, 5.74) is 6.72. The SMILES string of the molecule is C[C@@H]1CC[C@@H]([C@@H](C)C(=O)Nc2ccc(Cl)c(-c3ccccn3)c2)[C@H]2Cc3c(c4ccccc4n3C)C[C@H]21. The van der Waals surface area contributed by atoms with Crippen LogP contribution >= 0.6 is 11.6 Å². The molecule has 2 aromatic carbocycles. The number of halogens is 1. The van der Waals surface area contributed by atoms with Gasteiger partial charge in [-0.1, -0.05) is 56.1 Å². The lowest BCUT2D eigenvalue weighted by Crippen LogP contribution is -2.44. The van der Waals surface area contributed by atoms with Crippen LogP contribution in [0.5, 0.6) is 0 Å². The smallest absolute Gasteiger partial charge is 0.227 e. The average molecular weight is 512 g/mol. The zero-order chi connectivity index (χ0) is 25.7. The molecule has 4 aromatic rings. The highest BCUT2D eigenvalue weighted by Crippen LogP contribution is 2.49. The number of para-hydroxylation sites is 1. The first-order valence-electron chi connectivity index (χ1n) is 13.5. The number of anilines is 1. The molecule has 4 nitrogen and oxygen atoms in total. The highest BCUT2D eigenvalue weighted by atomic mass is 35.5. The van der Waals surface area contributed by atoms with Crippen LogP contribution in [0.15, 0.2) is 66.9 Å². The van der Waals surface area contributed by atoms with Gasteiger partial charge >= 0.3 is 0 Å². The molecule has 2 aromatic heterocycles. The molecule has 0 spiro atoms. The van der Waals surface area contributed by atoms with Crippen molar-refractivity contribution in [2.75, 3.05) is 5.32 Å². The van der Waals surface area contributed by atoms with E-state index in [4.69, 9.17) is 11.6 Å². The first-order chi connectivity index (χ1) is 17.9. The van der Waals surface area contributed by atoms with E-state index in [1.807, 2.05) is 36.4 Å². The summed E-state index contributed by atoms with van der Waals surface area (Å²) < 4.78 is 2.40. The molecule has 0 radical (unpaired) electrons. The molecule has 5 atom stereocenters. The molecule has 0 unspecified atom stereocenters. The topological polar surface area (TPSA) is 46.9 Å². The van der Waals surface area contributed by atoms with Crippen molar-refractivity contribution in [3.05, 3.63) is 83.1 Å². The van der Waals surface area contributed by atoms with E-state index < -0.39 is 0 Å². The van der Waals surface area contributed by atoms with Gasteiger partial charge in [-0.3, -0.25) is 9.78 Å². The minimum absolute atomic E-state index is 0.0646. The minimum atomic E-state index is -0.0646. The zero-order valence-electron chi connectivity index (χ0n) is 21.7. The number of hydrogen-bond acceptors (Lipinski definition) is 2. The monoisotopic (exact) mass is 511 g/mol. The second kappa shape index (κ2) is 9.64. The van der Waals surface area contributed by atoms with E-state index in [0.717, 1.165) is 36.2 Å². The van der Waals surface area contributed by atoms with Gasteiger partial charge in [-0.2, -0.15) is 0 Å². The van der Waals surface area contributed by atoms with Gasteiger partial charge in [0.15, 0.2) is 0 Å². The number of nitrogens with zero attached hydrogens (tertiary/aromatic N) is 2. The molecule has 37 heavy (non-hydrogen) atoms. The van der Waals surface area contributed by atoms with E-state index >= 15 is 0 Å². The first-order valence-corrected chi connectivity index (χ1v) is 13.9. The van der Waals surface area contributed by atoms with Crippen LogP contribution in [0.25, 0.3) is 22.2 Å². The predicted molar refractivity (Wildman–Crippen MR) is 152 cm³/mol. The summed E-state index contributed by atoms with van der Waals surface area (Å²) in [6, 6.07) is 20.2. The third kappa shape index (κ3) is 4.25. The number of amides is 1. The third-order valence-corrected chi connectivity index (χ3v) is 9.56. The number of nitrogens with one attached hydrogen (secondary N) is 1. The molecular weight excluding hydrogens is 478 g/mol. The van der Waals surface area contributed by atoms with E-state index in [2.05, 4.69) is 60.0 Å². The fourth-order valence-corrected chi connectivity index (χ4v) is 7.36. The Hall–Kier alpha value is -3.11. The second-order valence-electron chi connectivity index (χ2n) is 11.1. The van der Waals surface area contributed by atoms with Crippen LogP contribution in [0.1, 0.15) is 37.9 Å². The first kappa shape index (κ1) is 24.2. The quantitative estimate of drug-likeness (QED) is 0.307. The summed E-state index contributed by atoms with van der Waals surface area (Å²) in [4.78, 5) is 18.0. The van der Waals surface area contributed by atoms with E-state index in [1.54, 1.807) is 6.20 Å². The van der Waals surface area contributed by atoms with Gasteiger partial charge in [-0.15, -0.1) is 0 Å². The van der Waals surface area contributed by atoms with Crippen molar-refractivity contribution in [1.82, 2.24) is 9.55 Å². The molecule has 0 bridgehead atoms. The van der Waals surface area contributed by atoms with Crippen molar-refractivity contribution in [2.45, 2.75) is 39.5 Å². The van der Waals surface area contributed by atoms with Crippen LogP contribution in [-0.2, 0) is 24.7 Å². The van der Waals surface area contributed by atoms with Crippen molar-refractivity contribution in [3.63, 3.8) is 0 Å². The lowest BCUT2D eigenvalue weighted by Gasteiger charge is -2.47. The van der Waals surface area contributed by atoms with Crippen LogP contribution < -0.4 is 5.32 Å². The molecule has 2 aliphatic carbocycles. The number of aryl methyl sites for hydroxylation is 1. The van der Waals surface area contributed by atoms with Crippen LogP contribution in [0.2, 0.25) is 5.02 Å². The lowest BCUT2D eigenvalue weighted by molar-refractivity contribution is -0.123.